The van der Waals surface area contributed by atoms with Crippen LogP contribution in [0.5, 0.6) is 0 Å². The van der Waals surface area contributed by atoms with Gasteiger partial charge in [0, 0.05) is 32.2 Å². The number of fused-ring (bicyclic) bond motifs is 3. The van der Waals surface area contributed by atoms with E-state index in [-0.39, 0.29) is 18.6 Å². The summed E-state index contributed by atoms with van der Waals surface area (Å²) in [4.78, 5) is 23.4. The number of ketones is 1. The Hall–Kier alpha value is -2.50. The van der Waals surface area contributed by atoms with Crippen LogP contribution in [0.2, 0.25) is 0 Å². The van der Waals surface area contributed by atoms with Gasteiger partial charge >= 0.3 is 5.97 Å². The first-order valence-corrected chi connectivity index (χ1v) is 9.57. The first-order chi connectivity index (χ1) is 12.1. The molecular formula is C20H14O3S2. The molecule has 2 heterocycles. The fraction of sp³-hybridized carbons (Fsp3) is 0.100. The number of carboxylic acids is 1. The third kappa shape index (κ3) is 2.97. The highest BCUT2D eigenvalue weighted by molar-refractivity contribution is 7.26. The van der Waals surface area contributed by atoms with Crippen molar-refractivity contribution in [2.24, 2.45) is 0 Å². The number of rotatable bonds is 5. The predicted molar refractivity (Wildman–Crippen MR) is 104 cm³/mol. The molecule has 5 heteroatoms. The minimum Gasteiger partial charge on any atom is -0.481 e. The summed E-state index contributed by atoms with van der Waals surface area (Å²) in [5.74, 6) is -1.05. The molecule has 0 saturated carbocycles. The number of hydrogen-bond acceptors (Lipinski definition) is 4. The van der Waals surface area contributed by atoms with E-state index in [4.69, 9.17) is 5.11 Å². The fourth-order valence-corrected chi connectivity index (χ4v) is 5.06. The maximum atomic E-state index is 12.1. The van der Waals surface area contributed by atoms with E-state index in [1.807, 2.05) is 29.6 Å². The number of benzene rings is 2. The summed E-state index contributed by atoms with van der Waals surface area (Å²) in [5.41, 5.74) is 2.13. The lowest BCUT2D eigenvalue weighted by Gasteiger charge is -2.00. The minimum absolute atomic E-state index is 0.0440. The molecule has 0 bridgehead atoms. The lowest BCUT2D eigenvalue weighted by molar-refractivity contribution is -0.136. The largest absolute Gasteiger partial charge is 0.481 e. The standard InChI is InChI=1S/C20H14O3S2/c21-16(8-9-19(22)23)18-10-12(11-24-18)13-5-3-6-15-14-4-1-2-7-17(14)25-20(13)15/h1-7,10-11H,8-9H2,(H,22,23). The van der Waals surface area contributed by atoms with Crippen LogP contribution in [0.15, 0.2) is 53.9 Å². The molecule has 0 aliphatic rings. The van der Waals surface area contributed by atoms with Crippen molar-refractivity contribution in [3.05, 3.63) is 58.8 Å². The van der Waals surface area contributed by atoms with E-state index in [9.17, 15) is 9.59 Å². The van der Waals surface area contributed by atoms with E-state index in [2.05, 4.69) is 24.3 Å². The second-order valence-electron chi connectivity index (χ2n) is 5.80. The topological polar surface area (TPSA) is 54.4 Å². The molecular weight excluding hydrogens is 352 g/mol. The van der Waals surface area contributed by atoms with E-state index < -0.39 is 5.97 Å². The molecule has 0 aliphatic heterocycles. The van der Waals surface area contributed by atoms with Gasteiger partial charge in [0.15, 0.2) is 5.78 Å². The van der Waals surface area contributed by atoms with Gasteiger partial charge in [0.05, 0.1) is 11.3 Å². The molecule has 4 rings (SSSR count). The van der Waals surface area contributed by atoms with Crippen molar-refractivity contribution < 1.29 is 14.7 Å². The summed E-state index contributed by atoms with van der Waals surface area (Å²) in [7, 11) is 0. The van der Waals surface area contributed by atoms with Crippen LogP contribution >= 0.6 is 22.7 Å². The zero-order valence-corrected chi connectivity index (χ0v) is 14.8. The molecule has 124 valence electrons. The van der Waals surface area contributed by atoms with E-state index in [0.717, 1.165) is 11.1 Å². The van der Waals surface area contributed by atoms with Gasteiger partial charge in [-0.3, -0.25) is 9.59 Å². The highest BCUT2D eigenvalue weighted by Crippen LogP contribution is 2.40. The van der Waals surface area contributed by atoms with Gasteiger partial charge in [0.2, 0.25) is 0 Å². The number of carbonyl (C=O) groups excluding carboxylic acids is 1. The normalized spacial score (nSPS) is 11.2. The van der Waals surface area contributed by atoms with E-state index in [0.29, 0.717) is 4.88 Å². The fourth-order valence-electron chi connectivity index (χ4n) is 2.94. The molecule has 0 amide bonds. The van der Waals surface area contributed by atoms with Crippen molar-refractivity contribution in [1.82, 2.24) is 0 Å². The first-order valence-electron chi connectivity index (χ1n) is 7.87. The van der Waals surface area contributed by atoms with E-state index >= 15 is 0 Å². The van der Waals surface area contributed by atoms with Crippen molar-refractivity contribution in [1.29, 1.82) is 0 Å². The Bertz CT molecular complexity index is 1100. The monoisotopic (exact) mass is 366 g/mol. The van der Waals surface area contributed by atoms with Crippen LogP contribution in [0.3, 0.4) is 0 Å². The van der Waals surface area contributed by atoms with Crippen molar-refractivity contribution in [3.8, 4) is 11.1 Å². The number of hydrogen-bond donors (Lipinski definition) is 1. The molecule has 1 N–H and O–H groups in total. The van der Waals surface area contributed by atoms with Gasteiger partial charge < -0.3 is 5.11 Å². The van der Waals surface area contributed by atoms with Gasteiger partial charge in [-0.1, -0.05) is 36.4 Å². The number of carbonyl (C=O) groups is 2. The van der Waals surface area contributed by atoms with Crippen molar-refractivity contribution in [2.75, 3.05) is 0 Å². The Morgan fingerprint density at radius 3 is 2.60 bits per heavy atom. The van der Waals surface area contributed by atoms with Crippen LogP contribution in [0.1, 0.15) is 22.5 Å². The minimum atomic E-state index is -0.944. The van der Waals surface area contributed by atoms with E-state index in [1.165, 1.54) is 31.5 Å². The second kappa shape index (κ2) is 6.43. The Balaban J connectivity index is 1.75. The van der Waals surface area contributed by atoms with Crippen molar-refractivity contribution in [3.63, 3.8) is 0 Å². The third-order valence-electron chi connectivity index (χ3n) is 4.16. The van der Waals surface area contributed by atoms with Gasteiger partial charge in [-0.05, 0) is 23.1 Å². The highest BCUT2D eigenvalue weighted by Gasteiger charge is 2.14. The van der Waals surface area contributed by atoms with Gasteiger partial charge in [0.25, 0.3) is 0 Å². The lowest BCUT2D eigenvalue weighted by Crippen LogP contribution is -2.01. The molecule has 4 aromatic rings. The van der Waals surface area contributed by atoms with Crippen LogP contribution in [-0.4, -0.2) is 16.9 Å². The first kappa shape index (κ1) is 16.0. The number of aliphatic carboxylic acids is 1. The molecule has 0 aliphatic carbocycles. The molecule has 25 heavy (non-hydrogen) atoms. The zero-order valence-electron chi connectivity index (χ0n) is 13.2. The smallest absolute Gasteiger partial charge is 0.303 e. The van der Waals surface area contributed by atoms with Crippen LogP contribution in [-0.2, 0) is 4.79 Å². The molecule has 0 saturated heterocycles. The summed E-state index contributed by atoms with van der Waals surface area (Å²) >= 11 is 3.14. The molecule has 0 spiro atoms. The van der Waals surface area contributed by atoms with Crippen molar-refractivity contribution in [2.45, 2.75) is 12.8 Å². The average molecular weight is 366 g/mol. The van der Waals surface area contributed by atoms with Crippen LogP contribution in [0, 0.1) is 0 Å². The maximum absolute atomic E-state index is 12.1. The molecule has 3 nitrogen and oxygen atoms in total. The second-order valence-corrected chi connectivity index (χ2v) is 7.76. The summed E-state index contributed by atoms with van der Waals surface area (Å²) in [5, 5.41) is 13.2. The summed E-state index contributed by atoms with van der Waals surface area (Å²) in [6.45, 7) is 0. The summed E-state index contributed by atoms with van der Waals surface area (Å²) < 4.78 is 2.46. The lowest BCUT2D eigenvalue weighted by atomic mass is 10.0. The average Bonchev–Trinajstić information content (AvgIpc) is 3.24. The maximum Gasteiger partial charge on any atom is 0.303 e. The Labute approximate surface area is 152 Å². The number of thiophene rings is 2. The van der Waals surface area contributed by atoms with E-state index in [1.54, 1.807) is 11.3 Å². The third-order valence-corrected chi connectivity index (χ3v) is 6.35. The Kier molecular flexibility index (Phi) is 4.11. The Morgan fingerprint density at radius 1 is 0.960 bits per heavy atom. The van der Waals surface area contributed by atoms with Gasteiger partial charge in [-0.25, -0.2) is 0 Å². The van der Waals surface area contributed by atoms with Crippen LogP contribution < -0.4 is 0 Å². The molecule has 2 aromatic heterocycles. The molecule has 0 unspecified atom stereocenters. The van der Waals surface area contributed by atoms with Gasteiger partial charge in [0.1, 0.15) is 0 Å². The summed E-state index contributed by atoms with van der Waals surface area (Å²) in [6.07, 6.45) is -0.0830. The Morgan fingerprint density at radius 2 is 1.76 bits per heavy atom. The quantitative estimate of drug-likeness (QED) is 0.452. The molecule has 0 fully saturated rings. The van der Waals surface area contributed by atoms with Gasteiger partial charge in [-0.15, -0.1) is 22.7 Å². The van der Waals surface area contributed by atoms with Gasteiger partial charge in [-0.2, -0.15) is 0 Å². The predicted octanol–water partition coefficient (Wildman–Crippen LogP) is 5.83. The highest BCUT2D eigenvalue weighted by atomic mass is 32.1. The van der Waals surface area contributed by atoms with Crippen molar-refractivity contribution >= 4 is 54.6 Å². The molecule has 2 aromatic carbocycles. The number of Topliss-reactive ketones (excluding diaryl/α,β-unsaturated/α-hetero) is 1. The SMILES string of the molecule is O=C(O)CCC(=O)c1cc(-c2cccc3c2sc2ccccc23)cs1. The molecule has 0 radical (unpaired) electrons. The zero-order chi connectivity index (χ0) is 17.4. The van der Waals surface area contributed by atoms with Crippen LogP contribution in [0.25, 0.3) is 31.3 Å². The molecule has 0 atom stereocenters. The van der Waals surface area contributed by atoms with Crippen LogP contribution in [0.4, 0.5) is 0 Å². The summed E-state index contributed by atoms with van der Waals surface area (Å²) in [6, 6.07) is 16.5. The number of carboxylic acid groups (broad SMARTS) is 1.